The summed E-state index contributed by atoms with van der Waals surface area (Å²) < 4.78 is 0. The van der Waals surface area contributed by atoms with Crippen LogP contribution in [0.1, 0.15) is 0 Å². The largest absolute Gasteiger partial charge is 0.0616 e. The molecule has 0 saturated carbocycles. The van der Waals surface area contributed by atoms with Crippen LogP contribution in [0.25, 0.3) is 43.8 Å². The van der Waals surface area contributed by atoms with Gasteiger partial charge in [0.1, 0.15) is 0 Å². The summed E-state index contributed by atoms with van der Waals surface area (Å²) in [5, 5.41) is 5.06. The molecular weight excluding hydrogens is 312 g/mol. The maximum Gasteiger partial charge on any atom is -0.00987 e. The van der Waals surface area contributed by atoms with E-state index in [2.05, 4.69) is 103 Å². The molecule has 0 fully saturated rings. The van der Waals surface area contributed by atoms with E-state index < -0.39 is 0 Å². The Bertz CT molecular complexity index is 1140. The summed E-state index contributed by atoms with van der Waals surface area (Å²) in [6.07, 6.45) is 0. The molecule has 0 N–H and O–H groups in total. The van der Waals surface area contributed by atoms with E-state index in [1.54, 1.807) is 0 Å². The first-order chi connectivity index (χ1) is 12.9. The van der Waals surface area contributed by atoms with E-state index in [1.165, 1.54) is 38.2 Å². The Morgan fingerprint density at radius 2 is 0.962 bits per heavy atom. The molecule has 5 rings (SSSR count). The Labute approximate surface area is 153 Å². The highest BCUT2D eigenvalue weighted by Gasteiger charge is 2.04. The quantitative estimate of drug-likeness (QED) is 0.323. The topological polar surface area (TPSA) is 0 Å². The molecule has 0 unspecified atom stereocenters. The number of hydrogen-bond donors (Lipinski definition) is 0. The van der Waals surface area contributed by atoms with Crippen LogP contribution in [0, 0.1) is 6.07 Å². The first kappa shape index (κ1) is 14.9. The first-order valence-corrected chi connectivity index (χ1v) is 8.87. The summed E-state index contributed by atoms with van der Waals surface area (Å²) in [6.45, 7) is 0. The monoisotopic (exact) mass is 329 g/mol. The van der Waals surface area contributed by atoms with E-state index in [9.17, 15) is 0 Å². The van der Waals surface area contributed by atoms with E-state index in [1.807, 2.05) is 6.07 Å². The van der Waals surface area contributed by atoms with Crippen molar-refractivity contribution in [1.82, 2.24) is 0 Å². The summed E-state index contributed by atoms with van der Waals surface area (Å²) >= 11 is 0. The van der Waals surface area contributed by atoms with Crippen LogP contribution in [0.15, 0.2) is 103 Å². The minimum atomic E-state index is 1.13. The lowest BCUT2D eigenvalue weighted by molar-refractivity contribution is 1.60. The summed E-state index contributed by atoms with van der Waals surface area (Å²) in [5.41, 5.74) is 4.78. The molecule has 0 heteroatoms. The van der Waals surface area contributed by atoms with E-state index >= 15 is 0 Å². The van der Waals surface area contributed by atoms with Crippen molar-refractivity contribution in [3.63, 3.8) is 0 Å². The number of benzene rings is 5. The summed E-state index contributed by atoms with van der Waals surface area (Å²) in [5.74, 6) is 0. The Balaban J connectivity index is 1.60. The maximum atomic E-state index is 3.40. The predicted octanol–water partition coefficient (Wildman–Crippen LogP) is 7.13. The maximum absolute atomic E-state index is 3.40. The molecule has 5 aromatic rings. The number of hydrogen-bond acceptors (Lipinski definition) is 0. The van der Waals surface area contributed by atoms with Crippen LogP contribution in [0.5, 0.6) is 0 Å². The van der Waals surface area contributed by atoms with Crippen molar-refractivity contribution in [3.05, 3.63) is 109 Å². The zero-order valence-electron chi connectivity index (χ0n) is 14.3. The molecule has 0 atom stereocenters. The normalized spacial score (nSPS) is 11.1. The Morgan fingerprint density at radius 3 is 1.65 bits per heavy atom. The molecule has 26 heavy (non-hydrogen) atoms. The minimum absolute atomic E-state index is 1.13. The van der Waals surface area contributed by atoms with E-state index in [-0.39, 0.29) is 0 Å². The molecule has 0 saturated heterocycles. The Kier molecular flexibility index (Phi) is 3.54. The standard InChI is InChI=1S/C26H17/c1-3-8-21-16-25(14-12-19(21)6-1)23-10-5-11-24(18-23)26-15-13-20-7-2-4-9-22(20)17-26/h1-10,12-18H. The van der Waals surface area contributed by atoms with Crippen molar-refractivity contribution in [1.29, 1.82) is 0 Å². The number of rotatable bonds is 2. The molecule has 0 aliphatic carbocycles. The lowest BCUT2D eigenvalue weighted by Gasteiger charge is -2.08. The van der Waals surface area contributed by atoms with Gasteiger partial charge in [-0.25, -0.2) is 0 Å². The molecule has 0 bridgehead atoms. The molecule has 5 aromatic carbocycles. The van der Waals surface area contributed by atoms with Crippen molar-refractivity contribution in [3.8, 4) is 22.3 Å². The van der Waals surface area contributed by atoms with Gasteiger partial charge in [-0.05, 0) is 68.1 Å². The van der Waals surface area contributed by atoms with Crippen LogP contribution in [0.2, 0.25) is 0 Å². The highest BCUT2D eigenvalue weighted by molar-refractivity contribution is 5.89. The van der Waals surface area contributed by atoms with Crippen molar-refractivity contribution < 1.29 is 0 Å². The molecule has 0 aromatic heterocycles. The zero-order chi connectivity index (χ0) is 17.3. The van der Waals surface area contributed by atoms with Gasteiger partial charge in [0.25, 0.3) is 0 Å². The second-order valence-electron chi connectivity index (χ2n) is 6.61. The summed E-state index contributed by atoms with van der Waals surface area (Å²) in [6, 6.07) is 40.0. The van der Waals surface area contributed by atoms with Crippen LogP contribution in [-0.2, 0) is 0 Å². The van der Waals surface area contributed by atoms with Gasteiger partial charge in [-0.2, -0.15) is 0 Å². The molecular formula is C26H17. The van der Waals surface area contributed by atoms with Crippen molar-refractivity contribution in [2.24, 2.45) is 0 Å². The van der Waals surface area contributed by atoms with Crippen LogP contribution >= 0.6 is 0 Å². The molecule has 121 valence electrons. The summed E-state index contributed by atoms with van der Waals surface area (Å²) in [7, 11) is 0. The van der Waals surface area contributed by atoms with Gasteiger partial charge in [-0.1, -0.05) is 84.9 Å². The second kappa shape index (κ2) is 6.16. The zero-order valence-corrected chi connectivity index (χ0v) is 14.3. The third-order valence-electron chi connectivity index (χ3n) is 4.94. The predicted molar refractivity (Wildman–Crippen MR) is 111 cm³/mol. The number of fused-ring (bicyclic) bond motifs is 2. The highest BCUT2D eigenvalue weighted by atomic mass is 14.1. The average molecular weight is 329 g/mol. The SMILES string of the molecule is [c]1ccc(-c2ccc3ccccc3c2)cc1-c1ccc2ccccc2c1. The second-order valence-corrected chi connectivity index (χ2v) is 6.61. The smallest absolute Gasteiger partial charge is 0.00987 e. The highest BCUT2D eigenvalue weighted by Crippen LogP contribution is 2.30. The first-order valence-electron chi connectivity index (χ1n) is 8.87. The van der Waals surface area contributed by atoms with Gasteiger partial charge in [0, 0.05) is 0 Å². The average Bonchev–Trinajstić information content (AvgIpc) is 2.73. The molecule has 1 radical (unpaired) electrons. The fourth-order valence-electron chi connectivity index (χ4n) is 3.54. The van der Waals surface area contributed by atoms with E-state index in [0.29, 0.717) is 0 Å². The fraction of sp³-hybridized carbons (Fsp3) is 0. The van der Waals surface area contributed by atoms with Crippen molar-refractivity contribution in [2.45, 2.75) is 0 Å². The molecule has 0 heterocycles. The third kappa shape index (κ3) is 2.66. The summed E-state index contributed by atoms with van der Waals surface area (Å²) in [4.78, 5) is 0. The van der Waals surface area contributed by atoms with Gasteiger partial charge in [-0.15, -0.1) is 0 Å². The van der Waals surface area contributed by atoms with Gasteiger partial charge < -0.3 is 0 Å². The van der Waals surface area contributed by atoms with Crippen LogP contribution in [-0.4, -0.2) is 0 Å². The molecule has 0 aliphatic rings. The van der Waals surface area contributed by atoms with E-state index in [4.69, 9.17) is 0 Å². The van der Waals surface area contributed by atoms with Crippen LogP contribution < -0.4 is 0 Å². The fourth-order valence-corrected chi connectivity index (χ4v) is 3.54. The molecule has 0 aliphatic heterocycles. The van der Waals surface area contributed by atoms with Crippen LogP contribution in [0.3, 0.4) is 0 Å². The molecule has 0 amide bonds. The Hall–Kier alpha value is -3.38. The van der Waals surface area contributed by atoms with Crippen molar-refractivity contribution >= 4 is 21.5 Å². The van der Waals surface area contributed by atoms with E-state index in [0.717, 1.165) is 5.56 Å². The van der Waals surface area contributed by atoms with Gasteiger partial charge >= 0.3 is 0 Å². The molecule has 0 spiro atoms. The van der Waals surface area contributed by atoms with Gasteiger partial charge in [0.15, 0.2) is 0 Å². The molecule has 0 nitrogen and oxygen atoms in total. The lowest BCUT2D eigenvalue weighted by Crippen LogP contribution is -1.83. The van der Waals surface area contributed by atoms with Crippen molar-refractivity contribution in [2.75, 3.05) is 0 Å². The Morgan fingerprint density at radius 1 is 0.423 bits per heavy atom. The lowest BCUT2D eigenvalue weighted by atomic mass is 9.96. The van der Waals surface area contributed by atoms with Gasteiger partial charge in [-0.3, -0.25) is 0 Å². The third-order valence-corrected chi connectivity index (χ3v) is 4.94. The van der Waals surface area contributed by atoms with Crippen LogP contribution in [0.4, 0.5) is 0 Å². The minimum Gasteiger partial charge on any atom is -0.0616 e. The van der Waals surface area contributed by atoms with Gasteiger partial charge in [0.05, 0.1) is 0 Å². The van der Waals surface area contributed by atoms with Gasteiger partial charge in [0.2, 0.25) is 0 Å².